The minimum Gasteiger partial charge on any atom is -0.463 e. The van der Waals surface area contributed by atoms with Crippen molar-refractivity contribution in [3.63, 3.8) is 0 Å². The lowest BCUT2D eigenvalue weighted by molar-refractivity contribution is -0.145. The van der Waals surface area contributed by atoms with Crippen molar-refractivity contribution in [2.24, 2.45) is 0 Å². The number of carbonyl (C=O) groups excluding carboxylic acids is 5. The molecule has 1 aromatic carbocycles. The van der Waals surface area contributed by atoms with Gasteiger partial charge in [0.25, 0.3) is 11.8 Å². The average Bonchev–Trinajstić information content (AvgIpc) is 3.06. The molecule has 2 N–H and O–H groups in total. The van der Waals surface area contributed by atoms with Crippen LogP contribution in [-0.2, 0) is 28.6 Å². The molecule has 3 rings (SSSR count). The van der Waals surface area contributed by atoms with Gasteiger partial charge in [-0.3, -0.25) is 34.2 Å². The minimum absolute atomic E-state index is 0.0694. The van der Waals surface area contributed by atoms with Gasteiger partial charge in [-0.2, -0.15) is 0 Å². The zero-order valence-electron chi connectivity index (χ0n) is 19.1. The molecule has 2 aliphatic heterocycles. The molecule has 0 bridgehead atoms. The summed E-state index contributed by atoms with van der Waals surface area (Å²) in [5.41, 5.74) is 0.895. The van der Waals surface area contributed by atoms with Crippen LogP contribution in [0.5, 0.6) is 0 Å². The lowest BCUT2D eigenvalue weighted by Gasteiger charge is -2.27. The van der Waals surface area contributed by atoms with Crippen molar-refractivity contribution in [3.8, 4) is 0 Å². The number of rotatable bonds is 13. The maximum Gasteiger partial charge on any atom is 0.305 e. The molecular weight excluding hydrogens is 446 g/mol. The Morgan fingerprint density at radius 3 is 2.53 bits per heavy atom. The first-order valence-corrected chi connectivity index (χ1v) is 11.3. The van der Waals surface area contributed by atoms with Gasteiger partial charge in [0.15, 0.2) is 0 Å². The van der Waals surface area contributed by atoms with Gasteiger partial charge in [-0.25, -0.2) is 0 Å². The summed E-state index contributed by atoms with van der Waals surface area (Å²) >= 11 is 0. The van der Waals surface area contributed by atoms with Gasteiger partial charge in [0.2, 0.25) is 11.8 Å². The molecule has 2 aliphatic rings. The van der Waals surface area contributed by atoms with Gasteiger partial charge in [-0.05, 0) is 25.0 Å². The summed E-state index contributed by atoms with van der Waals surface area (Å²) in [6, 6.07) is 3.87. The van der Waals surface area contributed by atoms with Gasteiger partial charge in [-0.15, -0.1) is 0 Å². The quantitative estimate of drug-likeness (QED) is 0.242. The number of esters is 1. The molecule has 34 heavy (non-hydrogen) atoms. The Morgan fingerprint density at radius 2 is 1.79 bits per heavy atom. The number of carbonyl (C=O) groups is 5. The predicted molar refractivity (Wildman–Crippen MR) is 119 cm³/mol. The molecule has 2 heterocycles. The number of piperidine rings is 1. The van der Waals surface area contributed by atoms with Crippen molar-refractivity contribution in [2.45, 2.75) is 38.6 Å². The first kappa shape index (κ1) is 25.3. The van der Waals surface area contributed by atoms with Crippen LogP contribution < -0.4 is 10.6 Å². The zero-order valence-corrected chi connectivity index (χ0v) is 19.1. The van der Waals surface area contributed by atoms with Gasteiger partial charge in [0.1, 0.15) is 12.6 Å². The molecule has 1 fully saturated rings. The Hall–Kier alpha value is -3.31. The van der Waals surface area contributed by atoms with E-state index in [9.17, 15) is 24.0 Å². The number of benzene rings is 1. The molecule has 4 amide bonds. The number of hydrogen-bond acceptors (Lipinski definition) is 9. The van der Waals surface area contributed by atoms with Crippen molar-refractivity contribution in [2.75, 3.05) is 44.9 Å². The fourth-order valence-corrected chi connectivity index (χ4v) is 3.73. The van der Waals surface area contributed by atoms with E-state index in [4.69, 9.17) is 14.2 Å². The van der Waals surface area contributed by atoms with E-state index in [1.807, 2.05) is 6.92 Å². The molecular formula is C23H29N3O8. The van der Waals surface area contributed by atoms with Crippen LogP contribution in [-0.4, -0.2) is 80.1 Å². The summed E-state index contributed by atoms with van der Waals surface area (Å²) < 4.78 is 15.8. The predicted octanol–water partition coefficient (Wildman–Crippen LogP) is 0.876. The number of anilines is 1. The third-order valence-electron chi connectivity index (χ3n) is 5.35. The van der Waals surface area contributed by atoms with E-state index in [1.165, 1.54) is 0 Å². The summed E-state index contributed by atoms with van der Waals surface area (Å²) in [7, 11) is 0. The summed E-state index contributed by atoms with van der Waals surface area (Å²) in [5, 5.41) is 5.28. The summed E-state index contributed by atoms with van der Waals surface area (Å²) in [4.78, 5) is 61.6. The van der Waals surface area contributed by atoms with Crippen molar-refractivity contribution >= 4 is 35.3 Å². The highest BCUT2D eigenvalue weighted by molar-refractivity contribution is 6.25. The molecule has 11 heteroatoms. The molecule has 184 valence electrons. The minimum atomic E-state index is -1.00. The van der Waals surface area contributed by atoms with Gasteiger partial charge >= 0.3 is 5.97 Å². The molecule has 0 aromatic heterocycles. The highest BCUT2D eigenvalue weighted by atomic mass is 16.6. The van der Waals surface area contributed by atoms with E-state index >= 15 is 0 Å². The van der Waals surface area contributed by atoms with E-state index < -0.39 is 29.7 Å². The van der Waals surface area contributed by atoms with Crippen molar-refractivity contribution in [1.29, 1.82) is 0 Å². The number of hydrogen-bond donors (Lipinski definition) is 2. The summed E-state index contributed by atoms with van der Waals surface area (Å²) in [6.07, 6.45) is 1.32. The first-order valence-electron chi connectivity index (χ1n) is 11.3. The molecule has 0 radical (unpaired) electrons. The Kier molecular flexibility index (Phi) is 9.11. The molecule has 1 unspecified atom stereocenters. The van der Waals surface area contributed by atoms with E-state index in [-0.39, 0.29) is 36.5 Å². The third kappa shape index (κ3) is 6.17. The first-order chi connectivity index (χ1) is 16.4. The van der Waals surface area contributed by atoms with Crippen molar-refractivity contribution < 1.29 is 38.2 Å². The number of amides is 4. The fourth-order valence-electron chi connectivity index (χ4n) is 3.73. The second-order valence-electron chi connectivity index (χ2n) is 7.80. The normalized spacial score (nSPS) is 17.6. The summed E-state index contributed by atoms with van der Waals surface area (Å²) in [6.45, 7) is 3.82. The maximum absolute atomic E-state index is 13.0. The standard InChI is InChI=1S/C23H29N3O8/c1-2-4-19(28)34-14-13-33-12-11-32-10-9-24-16-6-3-5-15-20(16)23(31)26(22(15)30)17-7-8-18(27)25-21(17)29/h3,5-6,17,24H,2,4,7-14H2,1H3,(H,25,27,29). The van der Waals surface area contributed by atoms with Crippen LogP contribution in [0.3, 0.4) is 0 Å². The molecule has 0 spiro atoms. The highest BCUT2D eigenvalue weighted by Crippen LogP contribution is 2.32. The van der Waals surface area contributed by atoms with E-state index in [2.05, 4.69) is 10.6 Å². The second kappa shape index (κ2) is 12.2. The third-order valence-corrected chi connectivity index (χ3v) is 5.35. The van der Waals surface area contributed by atoms with Crippen molar-refractivity contribution in [3.05, 3.63) is 29.3 Å². The number of ether oxygens (including phenoxy) is 3. The van der Waals surface area contributed by atoms with E-state index in [0.29, 0.717) is 45.1 Å². The van der Waals surface area contributed by atoms with Crippen LogP contribution in [0.2, 0.25) is 0 Å². The number of nitrogens with one attached hydrogen (secondary N) is 2. The lowest BCUT2D eigenvalue weighted by atomic mass is 10.0. The summed E-state index contributed by atoms with van der Waals surface area (Å²) in [5.74, 6) is -2.41. The molecule has 1 saturated heterocycles. The Balaban J connectivity index is 1.42. The van der Waals surface area contributed by atoms with Crippen LogP contribution in [0.1, 0.15) is 53.3 Å². The van der Waals surface area contributed by atoms with Crippen molar-refractivity contribution in [1.82, 2.24) is 10.2 Å². The molecule has 0 saturated carbocycles. The Bertz CT molecular complexity index is 948. The van der Waals surface area contributed by atoms with Gasteiger partial charge in [0.05, 0.1) is 37.6 Å². The second-order valence-corrected chi connectivity index (χ2v) is 7.80. The molecule has 1 atom stereocenters. The zero-order chi connectivity index (χ0) is 24.5. The van der Waals surface area contributed by atoms with Gasteiger partial charge < -0.3 is 19.5 Å². The van der Waals surface area contributed by atoms with Crippen LogP contribution in [0.15, 0.2) is 18.2 Å². The number of imide groups is 2. The van der Waals surface area contributed by atoms with Crippen LogP contribution in [0.25, 0.3) is 0 Å². The largest absolute Gasteiger partial charge is 0.463 e. The monoisotopic (exact) mass is 475 g/mol. The lowest BCUT2D eigenvalue weighted by Crippen LogP contribution is -2.54. The molecule has 1 aromatic rings. The Labute approximate surface area is 197 Å². The SMILES string of the molecule is CCCC(=O)OCCOCCOCCNc1cccc2c1C(=O)N(C1CCC(=O)NC1=O)C2=O. The topological polar surface area (TPSA) is 140 Å². The molecule has 11 nitrogen and oxygen atoms in total. The van der Waals surface area contributed by atoms with Crippen LogP contribution in [0, 0.1) is 0 Å². The smallest absolute Gasteiger partial charge is 0.305 e. The highest BCUT2D eigenvalue weighted by Gasteiger charge is 2.45. The van der Waals surface area contributed by atoms with Crippen LogP contribution in [0.4, 0.5) is 5.69 Å². The number of fused-ring (bicyclic) bond motifs is 1. The average molecular weight is 475 g/mol. The fraction of sp³-hybridized carbons (Fsp3) is 0.522. The Morgan fingerprint density at radius 1 is 1.06 bits per heavy atom. The van der Waals surface area contributed by atoms with E-state index in [1.54, 1.807) is 18.2 Å². The van der Waals surface area contributed by atoms with Gasteiger partial charge in [-0.1, -0.05) is 13.0 Å². The van der Waals surface area contributed by atoms with E-state index in [0.717, 1.165) is 11.3 Å². The number of nitrogens with zero attached hydrogens (tertiary/aromatic N) is 1. The van der Waals surface area contributed by atoms with Crippen LogP contribution >= 0.6 is 0 Å². The van der Waals surface area contributed by atoms with Gasteiger partial charge in [0, 0.05) is 25.1 Å². The maximum atomic E-state index is 13.0. The molecule has 0 aliphatic carbocycles.